The first-order valence-electron chi connectivity index (χ1n) is 8.31. The summed E-state index contributed by atoms with van der Waals surface area (Å²) in [7, 11) is 0. The maximum absolute atomic E-state index is 12.2. The molecule has 0 rings (SSSR count). The van der Waals surface area contributed by atoms with Crippen molar-refractivity contribution in [1.82, 2.24) is 0 Å². The Morgan fingerprint density at radius 2 is 1.62 bits per heavy atom. The molecule has 0 aromatic carbocycles. The van der Waals surface area contributed by atoms with E-state index in [1.807, 2.05) is 13.8 Å². The molecule has 0 bridgehead atoms. The highest BCUT2D eigenvalue weighted by molar-refractivity contribution is 5.99. The quantitative estimate of drug-likeness (QED) is 0.329. The highest BCUT2D eigenvalue weighted by atomic mass is 16.5. The number of carboxylic acids is 1. The van der Waals surface area contributed by atoms with Crippen LogP contribution in [0.25, 0.3) is 0 Å². The summed E-state index contributed by atoms with van der Waals surface area (Å²) in [5, 5.41) is 9.61. The average Bonchev–Trinajstić information content (AvgIpc) is 2.40. The predicted molar refractivity (Wildman–Crippen MR) is 84.1 cm³/mol. The van der Waals surface area contributed by atoms with Gasteiger partial charge in [-0.2, -0.15) is 0 Å². The zero-order valence-corrected chi connectivity index (χ0v) is 14.1. The van der Waals surface area contributed by atoms with Gasteiger partial charge in [-0.05, 0) is 25.7 Å². The van der Waals surface area contributed by atoms with Gasteiger partial charge in [0.15, 0.2) is 5.41 Å². The van der Waals surface area contributed by atoms with Crippen LogP contribution in [-0.2, 0) is 14.3 Å². The van der Waals surface area contributed by atoms with E-state index in [2.05, 4.69) is 6.92 Å². The minimum absolute atomic E-state index is 0.144. The van der Waals surface area contributed by atoms with Gasteiger partial charge in [-0.25, -0.2) is 0 Å². The van der Waals surface area contributed by atoms with Gasteiger partial charge in [0.25, 0.3) is 0 Å². The van der Waals surface area contributed by atoms with Gasteiger partial charge in [-0.3, -0.25) is 9.59 Å². The summed E-state index contributed by atoms with van der Waals surface area (Å²) in [6.07, 6.45) is 7.16. The van der Waals surface area contributed by atoms with E-state index in [4.69, 9.17) is 4.74 Å². The number of hydrogen-bond acceptors (Lipinski definition) is 3. The molecule has 0 aliphatic heterocycles. The molecule has 1 N–H and O–H groups in total. The van der Waals surface area contributed by atoms with Crippen LogP contribution in [0.1, 0.15) is 79.1 Å². The van der Waals surface area contributed by atoms with E-state index in [1.165, 1.54) is 19.3 Å². The molecule has 0 radical (unpaired) electrons. The van der Waals surface area contributed by atoms with Crippen molar-refractivity contribution in [3.63, 3.8) is 0 Å². The molecule has 0 fully saturated rings. The molecule has 0 aliphatic rings. The number of hydrogen-bond donors (Lipinski definition) is 1. The summed E-state index contributed by atoms with van der Waals surface area (Å²) >= 11 is 0. The van der Waals surface area contributed by atoms with Gasteiger partial charge in [-0.15, -0.1) is 0 Å². The molecule has 0 saturated carbocycles. The van der Waals surface area contributed by atoms with Crippen molar-refractivity contribution in [2.45, 2.75) is 79.1 Å². The smallest absolute Gasteiger partial charge is 0.323 e. The number of carboxylic acid groups (broad SMARTS) is 1. The monoisotopic (exact) mass is 300 g/mol. The van der Waals surface area contributed by atoms with E-state index in [0.717, 1.165) is 19.3 Å². The molecule has 21 heavy (non-hydrogen) atoms. The van der Waals surface area contributed by atoms with Crippen molar-refractivity contribution in [3.8, 4) is 0 Å². The molecule has 0 aromatic rings. The molecule has 0 aliphatic carbocycles. The minimum Gasteiger partial charge on any atom is -0.480 e. The molecule has 4 heteroatoms. The number of carbonyl (C=O) groups excluding carboxylic acids is 1. The Morgan fingerprint density at radius 1 is 1.05 bits per heavy atom. The second-order valence-electron chi connectivity index (χ2n) is 6.22. The van der Waals surface area contributed by atoms with Gasteiger partial charge in [0.1, 0.15) is 0 Å². The van der Waals surface area contributed by atoms with Crippen molar-refractivity contribution < 1.29 is 19.4 Å². The number of ether oxygens (including phenoxy) is 1. The zero-order chi connectivity index (χ0) is 16.3. The fourth-order valence-electron chi connectivity index (χ4n) is 2.74. The van der Waals surface area contributed by atoms with Crippen LogP contribution in [0, 0.1) is 11.3 Å². The number of rotatable bonds is 12. The molecule has 1 unspecified atom stereocenters. The van der Waals surface area contributed by atoms with Crippen LogP contribution in [0.5, 0.6) is 0 Å². The van der Waals surface area contributed by atoms with Gasteiger partial charge < -0.3 is 9.84 Å². The molecule has 1 atom stereocenters. The van der Waals surface area contributed by atoms with Gasteiger partial charge in [0.05, 0.1) is 6.61 Å². The van der Waals surface area contributed by atoms with Crippen molar-refractivity contribution in [3.05, 3.63) is 0 Å². The highest BCUT2D eigenvalue weighted by Crippen LogP contribution is 2.35. The Balaban J connectivity index is 4.69. The molecule has 0 heterocycles. The van der Waals surface area contributed by atoms with Crippen LogP contribution in [-0.4, -0.2) is 23.7 Å². The Bertz CT molecular complexity index is 312. The summed E-state index contributed by atoms with van der Waals surface area (Å²) in [5.74, 6) is -1.46. The molecule has 0 spiro atoms. The Kier molecular flexibility index (Phi) is 10.1. The maximum Gasteiger partial charge on any atom is 0.323 e. The van der Waals surface area contributed by atoms with Gasteiger partial charge >= 0.3 is 11.9 Å². The molecule has 0 saturated heterocycles. The van der Waals surface area contributed by atoms with Crippen LogP contribution in [0.4, 0.5) is 0 Å². The fourth-order valence-corrected chi connectivity index (χ4v) is 2.74. The zero-order valence-electron chi connectivity index (χ0n) is 14.1. The standard InChI is InChI=1S/C17H32O4/c1-5-7-8-9-10-11-12-17(15(18)19,13-14(3)4)16(20)21-6-2/h14H,5-13H2,1-4H3,(H,18,19). The van der Waals surface area contributed by atoms with Gasteiger partial charge in [-0.1, -0.05) is 59.3 Å². The third-order valence-electron chi connectivity index (χ3n) is 3.79. The fraction of sp³-hybridized carbons (Fsp3) is 0.882. The third kappa shape index (κ3) is 6.96. The minimum atomic E-state index is -1.37. The normalized spacial score (nSPS) is 14.0. The van der Waals surface area contributed by atoms with E-state index in [1.54, 1.807) is 6.92 Å². The summed E-state index contributed by atoms with van der Waals surface area (Å²) in [5.41, 5.74) is -1.37. The van der Waals surface area contributed by atoms with Crippen molar-refractivity contribution >= 4 is 11.9 Å². The van der Waals surface area contributed by atoms with Crippen LogP contribution >= 0.6 is 0 Å². The predicted octanol–water partition coefficient (Wildman–Crippen LogP) is 4.42. The van der Waals surface area contributed by atoms with E-state index in [9.17, 15) is 14.7 Å². The number of carbonyl (C=O) groups is 2. The lowest BCUT2D eigenvalue weighted by Crippen LogP contribution is -2.42. The summed E-state index contributed by atoms with van der Waals surface area (Å²) in [6.45, 7) is 7.99. The molecule has 124 valence electrons. The largest absolute Gasteiger partial charge is 0.480 e. The third-order valence-corrected chi connectivity index (χ3v) is 3.79. The molecule has 0 aromatic heterocycles. The Morgan fingerprint density at radius 3 is 2.10 bits per heavy atom. The lowest BCUT2D eigenvalue weighted by Gasteiger charge is -2.28. The van der Waals surface area contributed by atoms with Crippen LogP contribution in [0.15, 0.2) is 0 Å². The maximum atomic E-state index is 12.2. The summed E-state index contributed by atoms with van der Waals surface area (Å²) < 4.78 is 5.05. The van der Waals surface area contributed by atoms with E-state index < -0.39 is 17.4 Å². The second kappa shape index (κ2) is 10.6. The van der Waals surface area contributed by atoms with Gasteiger partial charge in [0, 0.05) is 0 Å². The highest BCUT2D eigenvalue weighted by Gasteiger charge is 2.47. The number of unbranched alkanes of at least 4 members (excludes halogenated alkanes) is 5. The van der Waals surface area contributed by atoms with E-state index in [0.29, 0.717) is 12.8 Å². The van der Waals surface area contributed by atoms with E-state index in [-0.39, 0.29) is 12.5 Å². The second-order valence-corrected chi connectivity index (χ2v) is 6.22. The van der Waals surface area contributed by atoms with E-state index >= 15 is 0 Å². The Labute approximate surface area is 129 Å². The molecular formula is C17H32O4. The SMILES string of the molecule is CCCCCCCCC(CC(C)C)(C(=O)O)C(=O)OCC. The van der Waals surface area contributed by atoms with Gasteiger partial charge in [0.2, 0.25) is 0 Å². The summed E-state index contributed by atoms with van der Waals surface area (Å²) in [6, 6.07) is 0. The van der Waals surface area contributed by atoms with Crippen LogP contribution < -0.4 is 0 Å². The lowest BCUT2D eigenvalue weighted by molar-refractivity contribution is -0.170. The number of esters is 1. The van der Waals surface area contributed by atoms with Crippen LogP contribution in [0.2, 0.25) is 0 Å². The average molecular weight is 300 g/mol. The molecule has 4 nitrogen and oxygen atoms in total. The summed E-state index contributed by atoms with van der Waals surface area (Å²) in [4.78, 5) is 23.9. The molecule has 0 amide bonds. The Hall–Kier alpha value is -1.06. The van der Waals surface area contributed by atoms with Crippen molar-refractivity contribution in [2.75, 3.05) is 6.61 Å². The number of aliphatic carboxylic acids is 1. The van der Waals surface area contributed by atoms with Crippen molar-refractivity contribution in [1.29, 1.82) is 0 Å². The first-order valence-corrected chi connectivity index (χ1v) is 8.31. The van der Waals surface area contributed by atoms with Crippen molar-refractivity contribution in [2.24, 2.45) is 11.3 Å². The molecular weight excluding hydrogens is 268 g/mol. The first-order chi connectivity index (χ1) is 9.90. The van der Waals surface area contributed by atoms with Crippen LogP contribution in [0.3, 0.4) is 0 Å². The first kappa shape index (κ1) is 19.9. The topological polar surface area (TPSA) is 63.6 Å². The lowest BCUT2D eigenvalue weighted by atomic mass is 9.76.